The summed E-state index contributed by atoms with van der Waals surface area (Å²) in [6.45, 7) is 19.8. The minimum absolute atomic E-state index is 0. The van der Waals surface area contributed by atoms with Crippen LogP contribution in [0.3, 0.4) is 0 Å². The number of rotatable bonds is 13. The largest absolute Gasteiger partial charge is 0.417 e. The maximum Gasteiger partial charge on any atom is 0.200 e. The molecule has 9 heteroatoms. The first-order valence-corrected chi connectivity index (χ1v) is 19.1. The molecule has 0 bridgehead atoms. The molecule has 4 radical (unpaired) electrons. The average molecular weight is 447 g/mol. The Morgan fingerprint density at radius 1 is 0.696 bits per heavy atom. The van der Waals surface area contributed by atoms with Crippen molar-refractivity contribution in [2.24, 2.45) is 0 Å². The molecule has 0 aromatic rings. The van der Waals surface area contributed by atoms with E-state index in [-0.39, 0.29) is 11.0 Å². The van der Waals surface area contributed by atoms with Crippen molar-refractivity contribution in [2.45, 2.75) is 76.5 Å². The van der Waals surface area contributed by atoms with E-state index in [0.29, 0.717) is 9.75 Å². The van der Waals surface area contributed by atoms with Crippen LogP contribution in [0.25, 0.3) is 0 Å². The molecule has 0 fully saturated rings. The van der Waals surface area contributed by atoms with Gasteiger partial charge in [-0.25, -0.2) is 0 Å². The second kappa shape index (κ2) is 14.1. The van der Waals surface area contributed by atoms with Crippen molar-refractivity contribution in [3.05, 3.63) is 0 Å². The molecule has 0 saturated carbocycles. The second-order valence-corrected chi connectivity index (χ2v) is 21.6. The van der Waals surface area contributed by atoms with Gasteiger partial charge in [-0.2, -0.15) is 0 Å². The number of hydrogen-bond acceptors (Lipinski definition) is 6. The van der Waals surface area contributed by atoms with E-state index < -0.39 is 16.6 Å². The topological polar surface area (TPSA) is 18.5 Å². The fraction of sp³-hybridized carbons (Fsp3) is 1.00. The highest BCUT2D eigenvalue weighted by molar-refractivity contribution is 9.26. The van der Waals surface area contributed by atoms with Crippen LogP contribution in [-0.4, -0.2) is 50.6 Å². The third kappa shape index (κ3) is 10.6. The lowest BCUT2D eigenvalue weighted by Crippen LogP contribution is -2.42. The van der Waals surface area contributed by atoms with E-state index >= 15 is 0 Å². The molecule has 0 aliphatic carbocycles. The molecule has 0 heterocycles. The maximum absolute atomic E-state index is 6.04. The van der Waals surface area contributed by atoms with E-state index in [0.717, 1.165) is 13.2 Å². The molecule has 0 aliphatic rings. The summed E-state index contributed by atoms with van der Waals surface area (Å²) < 4.78 is 12.1. The molecule has 2 atom stereocenters. The summed E-state index contributed by atoms with van der Waals surface area (Å²) >= 11 is 0. The van der Waals surface area contributed by atoms with Crippen LogP contribution < -0.4 is 0 Å². The average Bonchev–Trinajstić information content (AvgIpc) is 2.42. The van der Waals surface area contributed by atoms with Gasteiger partial charge in [-0.05, 0) is 72.5 Å². The van der Waals surface area contributed by atoms with Gasteiger partial charge >= 0.3 is 0 Å². The Balaban J connectivity index is 0. The van der Waals surface area contributed by atoms with Gasteiger partial charge in [-0.15, -0.1) is 0 Å². The van der Waals surface area contributed by atoms with E-state index in [2.05, 4.69) is 53.9 Å². The van der Waals surface area contributed by atoms with E-state index in [1.165, 1.54) is 12.8 Å². The highest BCUT2D eigenvalue weighted by atomic mass is 33.7. The Morgan fingerprint density at radius 2 is 1.00 bits per heavy atom. The van der Waals surface area contributed by atoms with Gasteiger partial charge in [0.05, 0.1) is 0 Å². The highest BCUT2D eigenvalue weighted by Gasteiger charge is 2.35. The smallest absolute Gasteiger partial charge is 0.200 e. The molecule has 0 aliphatic heterocycles. The van der Waals surface area contributed by atoms with Gasteiger partial charge in [0.15, 0.2) is 16.6 Å². The monoisotopic (exact) mass is 446 g/mol. The highest BCUT2D eigenvalue weighted by Crippen LogP contribution is 2.50. The Bertz CT molecular complexity index is 269. The number of hydrogen-bond donors (Lipinski definition) is 0. The van der Waals surface area contributed by atoms with E-state index in [4.69, 9.17) is 8.85 Å². The molecule has 0 amide bonds. The van der Waals surface area contributed by atoms with Crippen molar-refractivity contribution >= 4 is 68.8 Å². The van der Waals surface area contributed by atoms with Gasteiger partial charge in [0.1, 0.15) is 0 Å². The first-order valence-electron chi connectivity index (χ1n) is 8.18. The summed E-state index contributed by atoms with van der Waals surface area (Å²) in [5.74, 6) is 0. The standard InChI is InChI=1S/C14H34O2S4Si2.Si/c1-9-13(21(5,6)15-11-3)17-19-20-18-14(10-2)22(7,8)16-12-4;/h13-14H,9-12H2,1-8H3;. The zero-order valence-electron chi connectivity index (χ0n) is 15.9. The SMILES string of the molecule is CCO[Si](C)(C)C(CC)SSSSC(CC)[Si](C)(C)OCC.[Si]. The van der Waals surface area contributed by atoms with Crippen LogP contribution in [0.15, 0.2) is 0 Å². The van der Waals surface area contributed by atoms with E-state index in [1.54, 1.807) is 0 Å². The van der Waals surface area contributed by atoms with E-state index in [1.807, 2.05) is 41.2 Å². The van der Waals surface area contributed by atoms with Gasteiger partial charge in [0.25, 0.3) is 0 Å². The molecule has 138 valence electrons. The van der Waals surface area contributed by atoms with Gasteiger partial charge in [0.2, 0.25) is 0 Å². The molecule has 23 heavy (non-hydrogen) atoms. The zero-order valence-corrected chi connectivity index (χ0v) is 22.2. The fourth-order valence-corrected chi connectivity index (χ4v) is 20.9. The minimum Gasteiger partial charge on any atom is -0.417 e. The van der Waals surface area contributed by atoms with Crippen LogP contribution in [0.4, 0.5) is 0 Å². The second-order valence-electron chi connectivity index (χ2n) is 6.20. The lowest BCUT2D eigenvalue weighted by Gasteiger charge is -2.31. The minimum atomic E-state index is -1.56. The lowest BCUT2D eigenvalue weighted by atomic mass is 10.6. The van der Waals surface area contributed by atoms with Crippen LogP contribution >= 0.6 is 41.2 Å². The summed E-state index contributed by atoms with van der Waals surface area (Å²) in [6.07, 6.45) is 2.39. The third-order valence-electron chi connectivity index (χ3n) is 3.66. The summed E-state index contributed by atoms with van der Waals surface area (Å²) in [5.41, 5.74) is 0. The molecule has 0 N–H and O–H groups in total. The van der Waals surface area contributed by atoms with E-state index in [9.17, 15) is 0 Å². The first kappa shape index (κ1) is 27.2. The molecule has 0 aromatic heterocycles. The van der Waals surface area contributed by atoms with Crippen molar-refractivity contribution in [3.8, 4) is 0 Å². The van der Waals surface area contributed by atoms with Crippen molar-refractivity contribution in [1.29, 1.82) is 0 Å². The summed E-state index contributed by atoms with van der Waals surface area (Å²) in [7, 11) is 4.77. The van der Waals surface area contributed by atoms with Crippen LogP contribution in [0.5, 0.6) is 0 Å². The van der Waals surface area contributed by atoms with Gasteiger partial charge in [-0.3, -0.25) is 0 Å². The van der Waals surface area contributed by atoms with Crippen molar-refractivity contribution in [3.63, 3.8) is 0 Å². The first-order chi connectivity index (χ1) is 10.2. The molecule has 0 aromatic carbocycles. The van der Waals surface area contributed by atoms with Crippen molar-refractivity contribution in [2.75, 3.05) is 13.2 Å². The van der Waals surface area contributed by atoms with Gasteiger partial charge in [-0.1, -0.05) is 35.4 Å². The molecule has 0 spiro atoms. The molecule has 0 saturated heterocycles. The van der Waals surface area contributed by atoms with Gasteiger partial charge < -0.3 is 8.85 Å². The molecular formula is C14H34O2S4Si3. The predicted molar refractivity (Wildman–Crippen MR) is 122 cm³/mol. The molecular weight excluding hydrogens is 413 g/mol. The lowest BCUT2D eigenvalue weighted by molar-refractivity contribution is 0.326. The molecule has 2 unspecified atom stereocenters. The van der Waals surface area contributed by atoms with Crippen LogP contribution in [0.2, 0.25) is 26.2 Å². The zero-order chi connectivity index (χ0) is 17.2. The Labute approximate surface area is 166 Å². The fourth-order valence-electron chi connectivity index (χ4n) is 2.41. The Hall–Kier alpha value is 1.97. The van der Waals surface area contributed by atoms with Crippen LogP contribution in [-0.2, 0) is 8.85 Å². The predicted octanol–water partition coefficient (Wildman–Crippen LogP) is 6.40. The quantitative estimate of drug-likeness (QED) is 0.184. The molecule has 0 rings (SSSR count). The van der Waals surface area contributed by atoms with Crippen LogP contribution in [0, 0.1) is 0 Å². The third-order valence-corrected chi connectivity index (χ3v) is 21.6. The normalized spacial score (nSPS) is 15.1. The molecule has 2 nitrogen and oxygen atoms in total. The Morgan fingerprint density at radius 3 is 1.22 bits per heavy atom. The summed E-state index contributed by atoms with van der Waals surface area (Å²) in [4.78, 5) is 1.31. The van der Waals surface area contributed by atoms with Crippen LogP contribution in [0.1, 0.15) is 40.5 Å². The summed E-state index contributed by atoms with van der Waals surface area (Å²) in [6, 6.07) is 0. The maximum atomic E-state index is 6.04. The van der Waals surface area contributed by atoms with Gasteiger partial charge in [0, 0.05) is 33.9 Å². The summed E-state index contributed by atoms with van der Waals surface area (Å²) in [5, 5.41) is 0. The van der Waals surface area contributed by atoms with Crippen molar-refractivity contribution in [1.82, 2.24) is 0 Å². The van der Waals surface area contributed by atoms with Crippen molar-refractivity contribution < 1.29 is 8.85 Å². The Kier molecular flexibility index (Phi) is 16.6.